The zero-order valence-corrected chi connectivity index (χ0v) is 12.1. The van der Waals surface area contributed by atoms with Gasteiger partial charge in [-0.1, -0.05) is 36.4 Å². The summed E-state index contributed by atoms with van der Waals surface area (Å²) in [6.07, 6.45) is 0. The van der Waals surface area contributed by atoms with Gasteiger partial charge in [0, 0.05) is 38.1 Å². The maximum absolute atomic E-state index is 5.99. The van der Waals surface area contributed by atoms with Gasteiger partial charge in [0.05, 0.1) is 0 Å². The first kappa shape index (κ1) is 13.4. The molecule has 0 bridgehead atoms. The Hall–Kier alpha value is -1.58. The number of ether oxygens (including phenoxy) is 1. The highest BCUT2D eigenvalue weighted by Gasteiger charge is 2.13. The van der Waals surface area contributed by atoms with Crippen molar-refractivity contribution in [2.24, 2.45) is 0 Å². The molecule has 1 heterocycles. The summed E-state index contributed by atoms with van der Waals surface area (Å²) in [5, 5.41) is 2.44. The first-order chi connectivity index (χ1) is 9.83. The minimum atomic E-state index is 0.762. The lowest BCUT2D eigenvalue weighted by Gasteiger charge is -2.32. The zero-order chi connectivity index (χ0) is 13.8. The van der Waals surface area contributed by atoms with Gasteiger partial charge in [-0.25, -0.2) is 0 Å². The second kappa shape index (κ2) is 6.25. The molecule has 3 rings (SSSR count). The maximum Gasteiger partial charge on any atom is 0.127 e. The lowest BCUT2D eigenvalue weighted by Crippen LogP contribution is -2.45. The van der Waals surface area contributed by atoms with Gasteiger partial charge in [0.2, 0.25) is 0 Å². The fraction of sp³-hybridized carbons (Fsp3) is 0.412. The number of rotatable bonds is 4. The van der Waals surface area contributed by atoms with Crippen molar-refractivity contribution in [1.29, 1.82) is 0 Å². The molecule has 1 saturated heterocycles. The molecule has 2 aromatic carbocycles. The van der Waals surface area contributed by atoms with Crippen molar-refractivity contribution in [3.8, 4) is 5.75 Å². The molecule has 2 aromatic rings. The van der Waals surface area contributed by atoms with E-state index in [1.165, 1.54) is 10.8 Å². The molecule has 0 aromatic heterocycles. The molecule has 1 aliphatic rings. The molecule has 0 saturated carbocycles. The van der Waals surface area contributed by atoms with Crippen molar-refractivity contribution < 1.29 is 4.74 Å². The normalized spacial score (nSPS) is 17.4. The Bertz CT molecular complexity index is 556. The van der Waals surface area contributed by atoms with Crippen LogP contribution in [-0.2, 0) is 0 Å². The van der Waals surface area contributed by atoms with Crippen LogP contribution in [0.2, 0.25) is 0 Å². The number of hydrogen-bond donors (Lipinski definition) is 0. The molecule has 1 aliphatic heterocycles. The fourth-order valence-electron chi connectivity index (χ4n) is 2.68. The highest BCUT2D eigenvalue weighted by atomic mass is 16.5. The summed E-state index contributed by atoms with van der Waals surface area (Å²) >= 11 is 0. The van der Waals surface area contributed by atoms with Crippen LogP contribution >= 0.6 is 0 Å². The van der Waals surface area contributed by atoms with Gasteiger partial charge in [-0.2, -0.15) is 0 Å². The molecule has 0 unspecified atom stereocenters. The highest BCUT2D eigenvalue weighted by molar-refractivity contribution is 5.88. The van der Waals surface area contributed by atoms with Crippen LogP contribution in [0.3, 0.4) is 0 Å². The van der Waals surface area contributed by atoms with Gasteiger partial charge in [0.1, 0.15) is 12.4 Å². The minimum absolute atomic E-state index is 0.762. The van der Waals surface area contributed by atoms with E-state index in [2.05, 4.69) is 59.3 Å². The first-order valence-corrected chi connectivity index (χ1v) is 7.34. The van der Waals surface area contributed by atoms with E-state index in [1.54, 1.807) is 0 Å². The summed E-state index contributed by atoms with van der Waals surface area (Å²) in [5.41, 5.74) is 0. The third kappa shape index (κ3) is 3.11. The Kier molecular flexibility index (Phi) is 4.19. The number of nitrogens with zero attached hydrogens (tertiary/aromatic N) is 2. The Morgan fingerprint density at radius 3 is 2.55 bits per heavy atom. The second-order valence-electron chi connectivity index (χ2n) is 5.47. The van der Waals surface area contributed by atoms with E-state index in [-0.39, 0.29) is 0 Å². The minimum Gasteiger partial charge on any atom is -0.492 e. The van der Waals surface area contributed by atoms with E-state index >= 15 is 0 Å². The molecule has 20 heavy (non-hydrogen) atoms. The second-order valence-corrected chi connectivity index (χ2v) is 5.47. The molecule has 3 heteroatoms. The van der Waals surface area contributed by atoms with Crippen molar-refractivity contribution in [2.75, 3.05) is 46.4 Å². The van der Waals surface area contributed by atoms with Crippen molar-refractivity contribution in [1.82, 2.24) is 9.80 Å². The Balaban J connectivity index is 1.57. The standard InChI is InChI=1S/C17H22N2O/c1-18-9-11-19(12-10-18)13-14-20-17-8-4-6-15-5-2-3-7-16(15)17/h2-8H,9-14H2,1H3. The molecular formula is C17H22N2O. The summed E-state index contributed by atoms with van der Waals surface area (Å²) in [6, 6.07) is 14.6. The predicted molar refractivity (Wildman–Crippen MR) is 83.4 cm³/mol. The van der Waals surface area contributed by atoms with E-state index in [0.29, 0.717) is 0 Å². The van der Waals surface area contributed by atoms with Crippen molar-refractivity contribution in [3.63, 3.8) is 0 Å². The van der Waals surface area contributed by atoms with Gasteiger partial charge in [0.15, 0.2) is 0 Å². The lowest BCUT2D eigenvalue weighted by molar-refractivity contribution is 0.134. The van der Waals surface area contributed by atoms with E-state index in [1.807, 2.05) is 0 Å². The third-order valence-corrected chi connectivity index (χ3v) is 4.01. The van der Waals surface area contributed by atoms with E-state index in [9.17, 15) is 0 Å². The molecular weight excluding hydrogens is 248 g/mol. The van der Waals surface area contributed by atoms with Crippen LogP contribution in [0.25, 0.3) is 10.8 Å². The monoisotopic (exact) mass is 270 g/mol. The van der Waals surface area contributed by atoms with Gasteiger partial charge in [-0.3, -0.25) is 4.90 Å². The Labute approximate surface area is 120 Å². The molecule has 0 atom stereocenters. The van der Waals surface area contributed by atoms with Crippen LogP contribution in [0, 0.1) is 0 Å². The molecule has 106 valence electrons. The average molecular weight is 270 g/mol. The molecule has 0 amide bonds. The van der Waals surface area contributed by atoms with Gasteiger partial charge >= 0.3 is 0 Å². The first-order valence-electron chi connectivity index (χ1n) is 7.34. The maximum atomic E-state index is 5.99. The van der Waals surface area contributed by atoms with Crippen molar-refractivity contribution >= 4 is 10.8 Å². The topological polar surface area (TPSA) is 15.7 Å². The zero-order valence-electron chi connectivity index (χ0n) is 12.1. The SMILES string of the molecule is CN1CCN(CCOc2cccc3ccccc23)CC1. The Morgan fingerprint density at radius 1 is 0.950 bits per heavy atom. The van der Waals surface area contributed by atoms with Crippen LogP contribution in [0.4, 0.5) is 0 Å². The van der Waals surface area contributed by atoms with Crippen molar-refractivity contribution in [2.45, 2.75) is 0 Å². The van der Waals surface area contributed by atoms with Gasteiger partial charge in [-0.05, 0) is 18.5 Å². The van der Waals surface area contributed by atoms with E-state index in [0.717, 1.165) is 45.1 Å². The summed E-state index contributed by atoms with van der Waals surface area (Å²) in [4.78, 5) is 4.85. The van der Waals surface area contributed by atoms with Crippen LogP contribution in [-0.4, -0.2) is 56.2 Å². The molecule has 0 N–H and O–H groups in total. The number of likely N-dealkylation sites (N-methyl/N-ethyl adjacent to an activating group) is 1. The molecule has 0 radical (unpaired) electrons. The summed E-state index contributed by atoms with van der Waals surface area (Å²) in [5.74, 6) is 0.997. The van der Waals surface area contributed by atoms with Crippen LogP contribution in [0.1, 0.15) is 0 Å². The van der Waals surface area contributed by atoms with Crippen LogP contribution in [0.5, 0.6) is 5.75 Å². The largest absolute Gasteiger partial charge is 0.492 e. The quantitative estimate of drug-likeness (QED) is 0.849. The van der Waals surface area contributed by atoms with Gasteiger partial charge in [-0.15, -0.1) is 0 Å². The third-order valence-electron chi connectivity index (χ3n) is 4.01. The number of hydrogen-bond acceptors (Lipinski definition) is 3. The lowest BCUT2D eigenvalue weighted by atomic mass is 10.1. The van der Waals surface area contributed by atoms with E-state index < -0.39 is 0 Å². The number of benzene rings is 2. The molecule has 0 spiro atoms. The summed E-state index contributed by atoms with van der Waals surface area (Å²) in [6.45, 7) is 6.39. The molecule has 0 aliphatic carbocycles. The average Bonchev–Trinajstić information content (AvgIpc) is 2.49. The smallest absolute Gasteiger partial charge is 0.127 e. The van der Waals surface area contributed by atoms with Gasteiger partial charge < -0.3 is 9.64 Å². The molecule has 3 nitrogen and oxygen atoms in total. The van der Waals surface area contributed by atoms with E-state index in [4.69, 9.17) is 4.74 Å². The fourth-order valence-corrected chi connectivity index (χ4v) is 2.68. The Morgan fingerprint density at radius 2 is 1.70 bits per heavy atom. The highest BCUT2D eigenvalue weighted by Crippen LogP contribution is 2.24. The van der Waals surface area contributed by atoms with Crippen LogP contribution in [0.15, 0.2) is 42.5 Å². The van der Waals surface area contributed by atoms with Crippen molar-refractivity contribution in [3.05, 3.63) is 42.5 Å². The predicted octanol–water partition coefficient (Wildman–Crippen LogP) is 2.47. The molecule has 1 fully saturated rings. The van der Waals surface area contributed by atoms with Crippen LogP contribution < -0.4 is 4.74 Å². The number of piperazine rings is 1. The summed E-state index contributed by atoms with van der Waals surface area (Å²) in [7, 11) is 2.18. The summed E-state index contributed by atoms with van der Waals surface area (Å²) < 4.78 is 5.99. The number of fused-ring (bicyclic) bond motifs is 1. The van der Waals surface area contributed by atoms with Gasteiger partial charge in [0.25, 0.3) is 0 Å².